The Balaban J connectivity index is 1.53. The Labute approximate surface area is 138 Å². The van der Waals surface area contributed by atoms with Gasteiger partial charge in [0, 0.05) is 25.1 Å². The van der Waals surface area contributed by atoms with Crippen molar-refractivity contribution < 1.29 is 14.3 Å². The van der Waals surface area contributed by atoms with Gasteiger partial charge >= 0.3 is 0 Å². The van der Waals surface area contributed by atoms with Crippen molar-refractivity contribution >= 4 is 12.0 Å². The molecule has 0 aromatic heterocycles. The molecule has 2 heterocycles. The highest BCUT2D eigenvalue weighted by Gasteiger charge is 2.31. The number of benzene rings is 1. The normalized spacial score (nSPS) is 20.5. The predicted octanol–water partition coefficient (Wildman–Crippen LogP) is 2.93. The first-order chi connectivity index (χ1) is 11.1. The lowest BCUT2D eigenvalue weighted by Crippen LogP contribution is -2.40. The third-order valence-electron chi connectivity index (χ3n) is 4.71. The fourth-order valence-electron chi connectivity index (χ4n) is 3.32. The number of aryl methyl sites for hydroxylation is 2. The van der Waals surface area contributed by atoms with Crippen LogP contribution in [-0.4, -0.2) is 43.4 Å². The summed E-state index contributed by atoms with van der Waals surface area (Å²) in [5.74, 6) is 0.515. The minimum absolute atomic E-state index is 0.0574. The van der Waals surface area contributed by atoms with E-state index in [1.165, 1.54) is 11.1 Å². The van der Waals surface area contributed by atoms with Gasteiger partial charge in [-0.2, -0.15) is 0 Å². The van der Waals surface area contributed by atoms with E-state index in [2.05, 4.69) is 32.0 Å². The van der Waals surface area contributed by atoms with Crippen LogP contribution in [-0.2, 0) is 14.3 Å². The van der Waals surface area contributed by atoms with Gasteiger partial charge in [0.1, 0.15) is 0 Å². The second-order valence-electron chi connectivity index (χ2n) is 6.47. The van der Waals surface area contributed by atoms with Crippen LogP contribution in [0.5, 0.6) is 0 Å². The van der Waals surface area contributed by atoms with Crippen LogP contribution in [0.3, 0.4) is 0 Å². The quantitative estimate of drug-likeness (QED) is 0.805. The van der Waals surface area contributed by atoms with E-state index in [0.29, 0.717) is 19.1 Å². The topological polar surface area (TPSA) is 38.8 Å². The van der Waals surface area contributed by atoms with Crippen molar-refractivity contribution in [3.63, 3.8) is 0 Å². The Hall–Kier alpha value is -1.65. The van der Waals surface area contributed by atoms with Crippen molar-refractivity contribution in [2.24, 2.45) is 5.92 Å². The van der Waals surface area contributed by atoms with Gasteiger partial charge in [-0.15, -0.1) is 0 Å². The molecule has 0 N–H and O–H groups in total. The molecule has 0 spiro atoms. The van der Waals surface area contributed by atoms with Crippen molar-refractivity contribution in [2.75, 3.05) is 26.3 Å². The summed E-state index contributed by atoms with van der Waals surface area (Å²) in [7, 11) is 0. The zero-order valence-corrected chi connectivity index (χ0v) is 14.0. The van der Waals surface area contributed by atoms with Gasteiger partial charge in [-0.25, -0.2) is 0 Å². The van der Waals surface area contributed by atoms with Crippen molar-refractivity contribution in [2.45, 2.75) is 33.0 Å². The number of piperidine rings is 1. The zero-order valence-electron chi connectivity index (χ0n) is 14.0. The van der Waals surface area contributed by atoms with E-state index in [1.54, 1.807) is 6.08 Å². The number of amides is 1. The Morgan fingerprint density at radius 3 is 2.52 bits per heavy atom. The van der Waals surface area contributed by atoms with Crippen molar-refractivity contribution in [1.82, 2.24) is 4.90 Å². The molecule has 4 heteroatoms. The van der Waals surface area contributed by atoms with Crippen LogP contribution in [0.15, 0.2) is 24.3 Å². The first kappa shape index (κ1) is 16.2. The number of hydrogen-bond acceptors (Lipinski definition) is 3. The van der Waals surface area contributed by atoms with Crippen LogP contribution in [0.25, 0.3) is 6.08 Å². The minimum atomic E-state index is -0.0574. The molecule has 2 aliphatic heterocycles. The molecule has 124 valence electrons. The van der Waals surface area contributed by atoms with E-state index >= 15 is 0 Å². The smallest absolute Gasteiger partial charge is 0.246 e. The lowest BCUT2D eigenvalue weighted by atomic mass is 9.96. The molecule has 1 amide bonds. The van der Waals surface area contributed by atoms with Crippen LogP contribution in [0.1, 0.15) is 29.5 Å². The van der Waals surface area contributed by atoms with Crippen molar-refractivity contribution in [3.05, 3.63) is 41.0 Å². The molecule has 2 saturated heterocycles. The monoisotopic (exact) mass is 315 g/mol. The van der Waals surface area contributed by atoms with Crippen LogP contribution < -0.4 is 0 Å². The summed E-state index contributed by atoms with van der Waals surface area (Å²) >= 11 is 0. The highest BCUT2D eigenvalue weighted by Crippen LogP contribution is 2.26. The van der Waals surface area contributed by atoms with Gasteiger partial charge in [-0.1, -0.05) is 23.8 Å². The highest BCUT2D eigenvalue weighted by atomic mass is 16.7. The SMILES string of the molecule is Cc1ccc(/C=C/C(=O)N2CCC(C3OCCO3)CC2)c(C)c1. The standard InChI is InChI=1S/C19H25NO3/c1-14-3-4-16(15(2)13-14)5-6-18(21)20-9-7-17(8-10-20)19-22-11-12-23-19/h3-6,13,17,19H,7-12H2,1-2H3/b6-5+. The second kappa shape index (κ2) is 7.28. The highest BCUT2D eigenvalue weighted by molar-refractivity contribution is 5.92. The molecule has 0 aliphatic carbocycles. The van der Waals surface area contributed by atoms with Gasteiger partial charge in [0.2, 0.25) is 5.91 Å². The number of carbonyl (C=O) groups excluding carboxylic acids is 1. The van der Waals surface area contributed by atoms with Crippen molar-refractivity contribution in [1.29, 1.82) is 0 Å². The van der Waals surface area contributed by atoms with Crippen LogP contribution >= 0.6 is 0 Å². The van der Waals surface area contributed by atoms with Crippen LogP contribution in [0.4, 0.5) is 0 Å². The molecular formula is C19H25NO3. The van der Waals surface area contributed by atoms with Crippen molar-refractivity contribution in [3.8, 4) is 0 Å². The first-order valence-corrected chi connectivity index (χ1v) is 8.41. The number of rotatable bonds is 3. The Kier molecular flexibility index (Phi) is 5.13. The summed E-state index contributed by atoms with van der Waals surface area (Å²) in [5, 5.41) is 0. The molecule has 0 radical (unpaired) electrons. The van der Waals surface area contributed by atoms with E-state index in [0.717, 1.165) is 31.5 Å². The molecule has 1 aromatic carbocycles. The van der Waals surface area contributed by atoms with E-state index < -0.39 is 0 Å². The van der Waals surface area contributed by atoms with Crippen LogP contribution in [0.2, 0.25) is 0 Å². The summed E-state index contributed by atoms with van der Waals surface area (Å²) in [4.78, 5) is 14.3. The molecule has 1 aromatic rings. The molecule has 4 nitrogen and oxygen atoms in total. The summed E-state index contributed by atoms with van der Waals surface area (Å²) in [6.07, 6.45) is 5.46. The molecule has 0 unspecified atom stereocenters. The first-order valence-electron chi connectivity index (χ1n) is 8.41. The average molecular weight is 315 g/mol. The third kappa shape index (κ3) is 4.01. The molecule has 0 atom stereocenters. The largest absolute Gasteiger partial charge is 0.350 e. The fraction of sp³-hybridized carbons (Fsp3) is 0.526. The number of likely N-dealkylation sites (tertiary alicyclic amines) is 1. The van der Waals surface area contributed by atoms with Gasteiger partial charge in [0.15, 0.2) is 6.29 Å². The summed E-state index contributed by atoms with van der Waals surface area (Å²) in [6.45, 7) is 7.11. The van der Waals surface area contributed by atoms with E-state index in [9.17, 15) is 4.79 Å². The zero-order chi connectivity index (χ0) is 16.2. The maximum Gasteiger partial charge on any atom is 0.246 e. The summed E-state index contributed by atoms with van der Waals surface area (Å²) < 4.78 is 11.2. The van der Waals surface area contributed by atoms with Crippen LogP contribution in [0, 0.1) is 19.8 Å². The summed E-state index contributed by atoms with van der Waals surface area (Å²) in [5.41, 5.74) is 3.54. The van der Waals surface area contributed by atoms with E-state index in [-0.39, 0.29) is 12.2 Å². The Morgan fingerprint density at radius 2 is 1.87 bits per heavy atom. The van der Waals surface area contributed by atoms with Gasteiger partial charge in [0.25, 0.3) is 0 Å². The maximum atomic E-state index is 12.4. The Morgan fingerprint density at radius 1 is 1.17 bits per heavy atom. The number of carbonyl (C=O) groups is 1. The average Bonchev–Trinajstić information content (AvgIpc) is 3.08. The molecule has 3 rings (SSSR count). The molecule has 2 fully saturated rings. The van der Waals surface area contributed by atoms with Gasteiger partial charge in [0.05, 0.1) is 13.2 Å². The third-order valence-corrected chi connectivity index (χ3v) is 4.71. The number of hydrogen-bond donors (Lipinski definition) is 0. The van der Waals surface area contributed by atoms with Gasteiger partial charge in [-0.3, -0.25) is 4.79 Å². The summed E-state index contributed by atoms with van der Waals surface area (Å²) in [6, 6.07) is 6.27. The lowest BCUT2D eigenvalue weighted by Gasteiger charge is -2.33. The number of nitrogens with zero attached hydrogens (tertiary/aromatic N) is 1. The molecular weight excluding hydrogens is 290 g/mol. The molecule has 23 heavy (non-hydrogen) atoms. The predicted molar refractivity (Wildman–Crippen MR) is 89.9 cm³/mol. The lowest BCUT2D eigenvalue weighted by molar-refractivity contribution is -0.131. The van der Waals surface area contributed by atoms with E-state index in [1.807, 2.05) is 11.0 Å². The van der Waals surface area contributed by atoms with Gasteiger partial charge < -0.3 is 14.4 Å². The maximum absolute atomic E-state index is 12.4. The number of ether oxygens (including phenoxy) is 2. The molecule has 0 bridgehead atoms. The Bertz CT molecular complexity index is 582. The van der Waals surface area contributed by atoms with E-state index in [4.69, 9.17) is 9.47 Å². The molecule has 0 saturated carbocycles. The minimum Gasteiger partial charge on any atom is -0.350 e. The molecule has 2 aliphatic rings. The second-order valence-corrected chi connectivity index (χ2v) is 6.47. The fourth-order valence-corrected chi connectivity index (χ4v) is 3.32. The van der Waals surface area contributed by atoms with Gasteiger partial charge in [-0.05, 0) is 43.9 Å².